The summed E-state index contributed by atoms with van der Waals surface area (Å²) in [6.07, 6.45) is 2.25. The van der Waals surface area contributed by atoms with Gasteiger partial charge in [0.15, 0.2) is 6.10 Å². The van der Waals surface area contributed by atoms with E-state index >= 15 is 0 Å². The van der Waals surface area contributed by atoms with E-state index in [4.69, 9.17) is 16.3 Å². The Morgan fingerprint density at radius 3 is 2.61 bits per heavy atom. The zero-order chi connectivity index (χ0) is 19.2. The molecular weight excluding hydrogens is 397 g/mol. The molecule has 1 fully saturated rings. The smallest absolute Gasteiger partial charge is 0.263 e. The highest BCUT2D eigenvalue weighted by Crippen LogP contribution is 2.22. The Kier molecular flexibility index (Phi) is 8.55. The standard InChI is InChI=1S/C21H26ClN3O2.ClH/c1-16-15-19(6-7-20(16)22)27-17(2)21(26)25-13-11-24(12-14-25)10-8-18-5-3-4-9-23-18;/h3-7,9,15,17H,8,10-14H2,1-2H3;1H. The zero-order valence-corrected chi connectivity index (χ0v) is 17.9. The van der Waals surface area contributed by atoms with Crippen molar-refractivity contribution in [1.82, 2.24) is 14.8 Å². The van der Waals surface area contributed by atoms with Gasteiger partial charge in [-0.2, -0.15) is 0 Å². The van der Waals surface area contributed by atoms with Crippen LogP contribution in [-0.4, -0.2) is 59.5 Å². The predicted molar refractivity (Wildman–Crippen MR) is 114 cm³/mol. The van der Waals surface area contributed by atoms with E-state index in [2.05, 4.69) is 16.0 Å². The Bertz CT molecular complexity index is 766. The number of carbonyl (C=O) groups is 1. The highest BCUT2D eigenvalue weighted by atomic mass is 35.5. The first-order chi connectivity index (χ1) is 13.0. The number of amides is 1. The molecule has 1 saturated heterocycles. The summed E-state index contributed by atoms with van der Waals surface area (Å²) in [5.41, 5.74) is 2.05. The van der Waals surface area contributed by atoms with E-state index in [1.807, 2.05) is 36.2 Å². The molecule has 1 unspecified atom stereocenters. The minimum atomic E-state index is -0.509. The molecule has 2 aromatic rings. The average Bonchev–Trinajstić information content (AvgIpc) is 2.70. The van der Waals surface area contributed by atoms with Crippen molar-refractivity contribution < 1.29 is 9.53 Å². The summed E-state index contributed by atoms with van der Waals surface area (Å²) >= 11 is 6.04. The van der Waals surface area contributed by atoms with Gasteiger partial charge >= 0.3 is 0 Å². The number of hydrogen-bond donors (Lipinski definition) is 0. The Morgan fingerprint density at radius 2 is 1.96 bits per heavy atom. The van der Waals surface area contributed by atoms with Gasteiger partial charge in [-0.15, -0.1) is 12.4 Å². The third-order valence-electron chi connectivity index (χ3n) is 4.88. The van der Waals surface area contributed by atoms with Crippen LogP contribution in [0.2, 0.25) is 5.02 Å². The van der Waals surface area contributed by atoms with E-state index in [1.165, 1.54) is 0 Å². The van der Waals surface area contributed by atoms with Crippen LogP contribution >= 0.6 is 24.0 Å². The van der Waals surface area contributed by atoms with Gasteiger partial charge in [0.25, 0.3) is 5.91 Å². The molecule has 28 heavy (non-hydrogen) atoms. The highest BCUT2D eigenvalue weighted by molar-refractivity contribution is 6.31. The van der Waals surface area contributed by atoms with Crippen molar-refractivity contribution in [2.75, 3.05) is 32.7 Å². The van der Waals surface area contributed by atoms with Crippen molar-refractivity contribution in [3.63, 3.8) is 0 Å². The molecule has 5 nitrogen and oxygen atoms in total. The number of halogens is 2. The Hall–Kier alpha value is -1.82. The summed E-state index contributed by atoms with van der Waals surface area (Å²) in [6, 6.07) is 11.5. The van der Waals surface area contributed by atoms with Crippen LogP contribution in [0.5, 0.6) is 5.75 Å². The fourth-order valence-corrected chi connectivity index (χ4v) is 3.33. The minimum Gasteiger partial charge on any atom is -0.481 e. The van der Waals surface area contributed by atoms with Crippen molar-refractivity contribution in [3.8, 4) is 5.75 Å². The molecule has 3 rings (SSSR count). The SMILES string of the molecule is Cc1cc(OC(C)C(=O)N2CCN(CCc3ccccn3)CC2)ccc1Cl.Cl. The predicted octanol–water partition coefficient (Wildman–Crippen LogP) is 3.62. The quantitative estimate of drug-likeness (QED) is 0.711. The number of carbonyl (C=O) groups excluding carboxylic acids is 1. The van der Waals surface area contributed by atoms with Crippen LogP contribution < -0.4 is 4.74 Å². The molecular formula is C21H27Cl2N3O2. The third kappa shape index (κ3) is 6.09. The number of pyridine rings is 1. The van der Waals surface area contributed by atoms with E-state index in [0.29, 0.717) is 10.8 Å². The maximum Gasteiger partial charge on any atom is 0.263 e. The number of nitrogens with zero attached hydrogens (tertiary/aromatic N) is 3. The lowest BCUT2D eigenvalue weighted by atomic mass is 10.2. The second-order valence-corrected chi connectivity index (χ2v) is 7.32. The molecule has 0 radical (unpaired) electrons. The minimum absolute atomic E-state index is 0. The first-order valence-electron chi connectivity index (χ1n) is 9.37. The molecule has 2 heterocycles. The van der Waals surface area contributed by atoms with Crippen molar-refractivity contribution in [2.24, 2.45) is 0 Å². The van der Waals surface area contributed by atoms with Gasteiger partial charge in [-0.3, -0.25) is 14.7 Å². The molecule has 152 valence electrons. The number of aromatic nitrogens is 1. The van der Waals surface area contributed by atoms with Gasteiger partial charge in [0.05, 0.1) is 0 Å². The molecule has 1 aromatic heterocycles. The Morgan fingerprint density at radius 1 is 1.21 bits per heavy atom. The maximum atomic E-state index is 12.7. The molecule has 0 saturated carbocycles. The molecule has 1 amide bonds. The largest absolute Gasteiger partial charge is 0.481 e. The van der Waals surface area contributed by atoms with Crippen LogP contribution in [0.4, 0.5) is 0 Å². The number of ether oxygens (including phenoxy) is 1. The third-order valence-corrected chi connectivity index (χ3v) is 5.31. The molecule has 1 aromatic carbocycles. The highest BCUT2D eigenvalue weighted by Gasteiger charge is 2.26. The number of rotatable bonds is 6. The Labute approximate surface area is 178 Å². The second-order valence-electron chi connectivity index (χ2n) is 6.91. The van der Waals surface area contributed by atoms with Crippen LogP contribution in [-0.2, 0) is 11.2 Å². The molecule has 0 spiro atoms. The summed E-state index contributed by atoms with van der Waals surface area (Å²) in [4.78, 5) is 21.3. The summed E-state index contributed by atoms with van der Waals surface area (Å²) < 4.78 is 5.83. The average molecular weight is 424 g/mol. The lowest BCUT2D eigenvalue weighted by Gasteiger charge is -2.35. The molecule has 0 N–H and O–H groups in total. The second kappa shape index (κ2) is 10.6. The number of piperazine rings is 1. The van der Waals surface area contributed by atoms with Gasteiger partial charge < -0.3 is 9.64 Å². The van der Waals surface area contributed by atoms with Crippen molar-refractivity contribution in [2.45, 2.75) is 26.4 Å². The fourth-order valence-electron chi connectivity index (χ4n) is 3.21. The van der Waals surface area contributed by atoms with Crippen molar-refractivity contribution in [3.05, 3.63) is 58.9 Å². The molecule has 0 aliphatic carbocycles. The van der Waals surface area contributed by atoms with Gasteiger partial charge in [0.2, 0.25) is 0 Å². The molecule has 0 bridgehead atoms. The van der Waals surface area contributed by atoms with E-state index in [-0.39, 0.29) is 18.3 Å². The number of aryl methyl sites for hydroxylation is 1. The zero-order valence-electron chi connectivity index (χ0n) is 16.3. The molecule has 1 aliphatic heterocycles. The monoisotopic (exact) mass is 423 g/mol. The van der Waals surface area contributed by atoms with E-state index in [9.17, 15) is 4.79 Å². The lowest BCUT2D eigenvalue weighted by molar-refractivity contribution is -0.139. The van der Waals surface area contributed by atoms with Crippen LogP contribution in [0.15, 0.2) is 42.6 Å². The Balaban J connectivity index is 0.00000280. The lowest BCUT2D eigenvalue weighted by Crippen LogP contribution is -2.52. The van der Waals surface area contributed by atoms with E-state index in [0.717, 1.165) is 50.4 Å². The van der Waals surface area contributed by atoms with Gasteiger partial charge in [0, 0.05) is 56.1 Å². The topological polar surface area (TPSA) is 45.7 Å². The van der Waals surface area contributed by atoms with E-state index in [1.54, 1.807) is 19.1 Å². The van der Waals surface area contributed by atoms with Crippen LogP contribution in [0.3, 0.4) is 0 Å². The van der Waals surface area contributed by atoms with Crippen molar-refractivity contribution in [1.29, 1.82) is 0 Å². The first kappa shape index (κ1) is 22.5. The van der Waals surface area contributed by atoms with Crippen LogP contribution in [0.1, 0.15) is 18.2 Å². The summed E-state index contributed by atoms with van der Waals surface area (Å²) in [7, 11) is 0. The molecule has 7 heteroatoms. The first-order valence-corrected chi connectivity index (χ1v) is 9.74. The van der Waals surface area contributed by atoms with Gasteiger partial charge in [-0.1, -0.05) is 17.7 Å². The summed E-state index contributed by atoms with van der Waals surface area (Å²) in [5, 5.41) is 0.697. The number of hydrogen-bond acceptors (Lipinski definition) is 4. The van der Waals surface area contributed by atoms with Crippen LogP contribution in [0, 0.1) is 6.92 Å². The molecule has 1 aliphatic rings. The normalized spacial score (nSPS) is 15.6. The maximum absolute atomic E-state index is 12.7. The van der Waals surface area contributed by atoms with Gasteiger partial charge in [-0.25, -0.2) is 0 Å². The van der Waals surface area contributed by atoms with E-state index < -0.39 is 6.10 Å². The van der Waals surface area contributed by atoms with Gasteiger partial charge in [0.1, 0.15) is 5.75 Å². The van der Waals surface area contributed by atoms with Crippen molar-refractivity contribution >= 4 is 29.9 Å². The van der Waals surface area contributed by atoms with Crippen LogP contribution in [0.25, 0.3) is 0 Å². The van der Waals surface area contributed by atoms with Gasteiger partial charge in [-0.05, 0) is 49.7 Å². The molecule has 1 atom stereocenters. The fraction of sp³-hybridized carbons (Fsp3) is 0.429. The summed E-state index contributed by atoms with van der Waals surface area (Å²) in [6.45, 7) is 7.92. The number of benzene rings is 1. The summed E-state index contributed by atoms with van der Waals surface area (Å²) in [5.74, 6) is 0.707.